The van der Waals surface area contributed by atoms with E-state index in [9.17, 15) is 9.59 Å². The van der Waals surface area contributed by atoms with Gasteiger partial charge in [0.1, 0.15) is 34.5 Å². The minimum Gasteiger partial charge on any atom is -0.497 e. The molecule has 0 aliphatic carbocycles. The number of esters is 1. The van der Waals surface area contributed by atoms with Crippen LogP contribution >= 0.6 is 0 Å². The van der Waals surface area contributed by atoms with Gasteiger partial charge in [0.05, 0.1) is 33.3 Å². The largest absolute Gasteiger partial charge is 0.497 e. The van der Waals surface area contributed by atoms with E-state index < -0.39 is 11.9 Å². The number of hydrogen-bond acceptors (Lipinski definition) is 9. The van der Waals surface area contributed by atoms with E-state index in [4.69, 9.17) is 32.8 Å². The Morgan fingerprint density at radius 3 is 2.38 bits per heavy atom. The van der Waals surface area contributed by atoms with Crippen molar-refractivity contribution in [3.63, 3.8) is 0 Å². The van der Waals surface area contributed by atoms with Gasteiger partial charge in [0.2, 0.25) is 18.0 Å². The zero-order valence-corrected chi connectivity index (χ0v) is 20.3. The van der Waals surface area contributed by atoms with Gasteiger partial charge in [0.15, 0.2) is 11.5 Å². The molecular weight excluding hydrogens is 480 g/mol. The number of hydrogen-bond donors (Lipinski definition) is 0. The highest BCUT2D eigenvalue weighted by atomic mass is 16.7. The Morgan fingerprint density at radius 1 is 0.865 bits per heavy atom. The van der Waals surface area contributed by atoms with Crippen molar-refractivity contribution in [2.45, 2.75) is 12.3 Å². The highest BCUT2D eigenvalue weighted by Crippen LogP contribution is 2.49. The summed E-state index contributed by atoms with van der Waals surface area (Å²) in [5.74, 6) is 1.75. The van der Waals surface area contributed by atoms with E-state index in [1.165, 1.54) is 20.5 Å². The summed E-state index contributed by atoms with van der Waals surface area (Å²) in [5.41, 5.74) is 2.33. The van der Waals surface area contributed by atoms with Gasteiger partial charge in [-0.2, -0.15) is 0 Å². The summed E-state index contributed by atoms with van der Waals surface area (Å²) in [7, 11) is 4.56. The molecule has 6 rings (SSSR count). The molecule has 3 heterocycles. The zero-order chi connectivity index (χ0) is 25.7. The van der Waals surface area contributed by atoms with Crippen LogP contribution in [-0.4, -0.2) is 34.1 Å². The standard InChI is InChI=1S/C28H22O9/c1-31-16-6-4-14(5-7-16)18-12-34-28-24-17(15-8-21(33-3)27-22(9-15)35-13-36-27)10-23(29)37-20(24)11-19(32-2)25(28)26(18)30/h4-9,11-12,17H,10,13H2,1-3H3/t17-/m1/s1. The Kier molecular flexibility index (Phi) is 5.40. The maximum Gasteiger partial charge on any atom is 0.312 e. The molecule has 0 N–H and O–H groups in total. The lowest BCUT2D eigenvalue weighted by molar-refractivity contribution is -0.135. The second-order valence-electron chi connectivity index (χ2n) is 8.59. The van der Waals surface area contributed by atoms with Crippen LogP contribution in [0, 0.1) is 0 Å². The highest BCUT2D eigenvalue weighted by Gasteiger charge is 2.35. The number of fused-ring (bicyclic) bond motifs is 4. The van der Waals surface area contributed by atoms with Crippen LogP contribution in [0.2, 0.25) is 0 Å². The Balaban J connectivity index is 1.58. The van der Waals surface area contributed by atoms with Gasteiger partial charge in [-0.05, 0) is 35.4 Å². The molecule has 0 amide bonds. The van der Waals surface area contributed by atoms with Gasteiger partial charge in [-0.1, -0.05) is 12.1 Å². The molecule has 0 saturated carbocycles. The van der Waals surface area contributed by atoms with Crippen molar-refractivity contribution in [2.75, 3.05) is 28.1 Å². The van der Waals surface area contributed by atoms with Gasteiger partial charge in [0.25, 0.3) is 0 Å². The van der Waals surface area contributed by atoms with E-state index in [0.717, 1.165) is 5.56 Å². The van der Waals surface area contributed by atoms with E-state index in [1.807, 2.05) is 0 Å². The molecule has 0 unspecified atom stereocenters. The molecule has 1 aromatic heterocycles. The van der Waals surface area contributed by atoms with Gasteiger partial charge < -0.3 is 32.8 Å². The first-order valence-electron chi connectivity index (χ1n) is 11.5. The molecule has 1 atom stereocenters. The topological polar surface area (TPSA) is 103 Å². The first-order chi connectivity index (χ1) is 18.0. The number of benzene rings is 3. The highest BCUT2D eigenvalue weighted by molar-refractivity contribution is 5.94. The van der Waals surface area contributed by atoms with Gasteiger partial charge in [0, 0.05) is 17.5 Å². The normalized spacial score (nSPS) is 15.8. The summed E-state index contributed by atoms with van der Waals surface area (Å²) >= 11 is 0. The lowest BCUT2D eigenvalue weighted by Gasteiger charge is -2.26. The maximum absolute atomic E-state index is 13.8. The van der Waals surface area contributed by atoms with E-state index >= 15 is 0 Å². The molecule has 0 saturated heterocycles. The maximum atomic E-state index is 13.8. The molecule has 0 fully saturated rings. The fourth-order valence-electron chi connectivity index (χ4n) is 4.88. The quantitative estimate of drug-likeness (QED) is 0.285. The van der Waals surface area contributed by atoms with Crippen LogP contribution in [-0.2, 0) is 4.79 Å². The van der Waals surface area contributed by atoms with Gasteiger partial charge in [-0.25, -0.2) is 0 Å². The molecule has 37 heavy (non-hydrogen) atoms. The van der Waals surface area contributed by atoms with Gasteiger partial charge in [-0.15, -0.1) is 0 Å². The average molecular weight is 502 g/mol. The van der Waals surface area contributed by atoms with Crippen molar-refractivity contribution in [1.29, 1.82) is 0 Å². The molecule has 9 heteroatoms. The van der Waals surface area contributed by atoms with Crippen molar-refractivity contribution in [3.05, 3.63) is 70.1 Å². The summed E-state index contributed by atoms with van der Waals surface area (Å²) < 4.78 is 39.1. The Labute approximate surface area is 211 Å². The molecule has 9 nitrogen and oxygen atoms in total. The van der Waals surface area contributed by atoms with E-state index in [-0.39, 0.29) is 41.1 Å². The minimum absolute atomic E-state index is 0.0289. The lowest BCUT2D eigenvalue weighted by Crippen LogP contribution is -2.22. The summed E-state index contributed by atoms with van der Waals surface area (Å²) in [6.45, 7) is 0.0710. The second-order valence-corrected chi connectivity index (χ2v) is 8.59. The molecule has 0 spiro atoms. The summed E-state index contributed by atoms with van der Waals surface area (Å²) in [5, 5.41) is 0.255. The smallest absolute Gasteiger partial charge is 0.312 e. The predicted molar refractivity (Wildman–Crippen MR) is 132 cm³/mol. The van der Waals surface area contributed by atoms with Crippen molar-refractivity contribution in [1.82, 2.24) is 0 Å². The van der Waals surface area contributed by atoms with Crippen molar-refractivity contribution >= 4 is 16.9 Å². The second kappa shape index (κ2) is 8.77. The zero-order valence-electron chi connectivity index (χ0n) is 20.3. The monoisotopic (exact) mass is 502 g/mol. The third-order valence-corrected chi connectivity index (χ3v) is 6.66. The Morgan fingerprint density at radius 2 is 1.65 bits per heavy atom. The fraction of sp³-hybridized carbons (Fsp3) is 0.214. The molecule has 188 valence electrons. The summed E-state index contributed by atoms with van der Waals surface area (Å²) in [6.07, 6.45) is 1.45. The van der Waals surface area contributed by atoms with E-state index in [2.05, 4.69) is 0 Å². The molecule has 2 aliphatic rings. The van der Waals surface area contributed by atoms with Crippen LogP contribution in [0.5, 0.6) is 34.5 Å². The molecule has 3 aromatic carbocycles. The molecule has 0 bridgehead atoms. The van der Waals surface area contributed by atoms with Crippen molar-refractivity contribution < 1.29 is 37.6 Å². The Hall–Kier alpha value is -4.66. The number of carbonyl (C=O) groups excluding carboxylic acids is 1. The van der Waals surface area contributed by atoms with Crippen LogP contribution in [0.4, 0.5) is 0 Å². The predicted octanol–water partition coefficient (Wildman–Crippen LogP) is 4.66. The first-order valence-corrected chi connectivity index (χ1v) is 11.5. The number of rotatable bonds is 5. The van der Waals surface area contributed by atoms with Crippen LogP contribution in [0.15, 0.2) is 57.9 Å². The third-order valence-electron chi connectivity index (χ3n) is 6.66. The summed E-state index contributed by atoms with van der Waals surface area (Å²) in [4.78, 5) is 26.4. The molecule has 4 aromatic rings. The summed E-state index contributed by atoms with van der Waals surface area (Å²) in [6, 6.07) is 12.3. The van der Waals surface area contributed by atoms with Crippen LogP contribution in [0.3, 0.4) is 0 Å². The number of ether oxygens (including phenoxy) is 6. The lowest BCUT2D eigenvalue weighted by atomic mass is 9.84. The minimum atomic E-state index is -0.497. The average Bonchev–Trinajstić information content (AvgIpc) is 3.40. The molecule has 0 radical (unpaired) electrons. The van der Waals surface area contributed by atoms with E-state index in [0.29, 0.717) is 39.7 Å². The third kappa shape index (κ3) is 3.62. The fourth-order valence-corrected chi connectivity index (χ4v) is 4.88. The van der Waals surface area contributed by atoms with Gasteiger partial charge in [-0.3, -0.25) is 9.59 Å². The van der Waals surface area contributed by atoms with Gasteiger partial charge >= 0.3 is 5.97 Å². The van der Waals surface area contributed by atoms with Crippen LogP contribution < -0.4 is 33.8 Å². The number of methoxy groups -OCH3 is 3. The van der Waals surface area contributed by atoms with E-state index in [1.54, 1.807) is 49.6 Å². The SMILES string of the molecule is COc1ccc(-c2coc3c4c(cc(OC)c3c2=O)OC(=O)C[C@@H]4c2cc(OC)c3c(c2)OCO3)cc1. The van der Waals surface area contributed by atoms with Crippen LogP contribution in [0.25, 0.3) is 22.1 Å². The van der Waals surface area contributed by atoms with Crippen LogP contribution in [0.1, 0.15) is 23.5 Å². The first kappa shape index (κ1) is 22.8. The van der Waals surface area contributed by atoms with Crippen molar-refractivity contribution in [3.8, 4) is 45.6 Å². The molecular formula is C28H22O9. The van der Waals surface area contributed by atoms with Crippen molar-refractivity contribution in [2.24, 2.45) is 0 Å². The number of carbonyl (C=O) groups is 1. The molecule has 2 aliphatic heterocycles. The Bertz CT molecular complexity index is 1600.